The van der Waals surface area contributed by atoms with Gasteiger partial charge in [0.1, 0.15) is 18.1 Å². The number of methoxy groups -OCH3 is 1. The molecule has 1 saturated heterocycles. The summed E-state index contributed by atoms with van der Waals surface area (Å²) in [4.78, 5) is 26.3. The van der Waals surface area contributed by atoms with Gasteiger partial charge in [-0.25, -0.2) is 9.18 Å². The van der Waals surface area contributed by atoms with Crippen LogP contribution >= 0.6 is 27.5 Å². The van der Waals surface area contributed by atoms with Gasteiger partial charge in [-0.15, -0.1) is 0 Å². The molecular formula is C25H19BrClFN2O4. The van der Waals surface area contributed by atoms with Crippen LogP contribution in [0.4, 0.5) is 9.18 Å². The number of nitrogens with one attached hydrogen (secondary N) is 1. The number of benzene rings is 3. The largest absolute Gasteiger partial charge is 0.493 e. The molecule has 9 heteroatoms. The number of imide groups is 1. The lowest BCUT2D eigenvalue weighted by molar-refractivity contribution is -0.123. The summed E-state index contributed by atoms with van der Waals surface area (Å²) in [7, 11) is 1.45. The van der Waals surface area contributed by atoms with Crippen molar-refractivity contribution in [2.45, 2.75) is 13.2 Å². The maximum atomic E-state index is 13.9. The van der Waals surface area contributed by atoms with E-state index in [0.29, 0.717) is 16.9 Å². The Bertz CT molecular complexity index is 1280. The van der Waals surface area contributed by atoms with Gasteiger partial charge in [0.05, 0.1) is 18.7 Å². The van der Waals surface area contributed by atoms with Crippen LogP contribution in [0, 0.1) is 5.82 Å². The topological polar surface area (TPSA) is 67.9 Å². The summed E-state index contributed by atoms with van der Waals surface area (Å²) in [5, 5.41) is 2.80. The van der Waals surface area contributed by atoms with Crippen LogP contribution in [0.15, 0.2) is 70.8 Å². The van der Waals surface area contributed by atoms with Crippen molar-refractivity contribution in [1.29, 1.82) is 0 Å². The third-order valence-electron chi connectivity index (χ3n) is 5.11. The Morgan fingerprint density at radius 3 is 2.56 bits per heavy atom. The van der Waals surface area contributed by atoms with Gasteiger partial charge in [0.2, 0.25) is 0 Å². The normalized spacial score (nSPS) is 14.5. The molecule has 0 aliphatic carbocycles. The monoisotopic (exact) mass is 544 g/mol. The van der Waals surface area contributed by atoms with Crippen molar-refractivity contribution in [3.05, 3.63) is 98.4 Å². The minimum atomic E-state index is -0.512. The number of urea groups is 1. The average molecular weight is 546 g/mol. The van der Waals surface area contributed by atoms with Gasteiger partial charge in [-0.2, -0.15) is 0 Å². The molecule has 1 heterocycles. The van der Waals surface area contributed by atoms with Crippen LogP contribution in [-0.4, -0.2) is 23.9 Å². The summed E-state index contributed by atoms with van der Waals surface area (Å²) in [5.74, 6) is -0.294. The zero-order chi connectivity index (χ0) is 24.2. The molecule has 6 nitrogen and oxygen atoms in total. The fraction of sp³-hybridized carbons (Fsp3) is 0.120. The molecule has 174 valence electrons. The Hall–Kier alpha value is -3.36. The van der Waals surface area contributed by atoms with Crippen LogP contribution in [0.1, 0.15) is 16.7 Å². The van der Waals surface area contributed by atoms with E-state index in [1.165, 1.54) is 19.3 Å². The van der Waals surface area contributed by atoms with E-state index < -0.39 is 11.9 Å². The molecule has 0 aromatic heterocycles. The zero-order valence-electron chi connectivity index (χ0n) is 18.0. The first-order valence-corrected chi connectivity index (χ1v) is 11.4. The van der Waals surface area contributed by atoms with E-state index in [1.54, 1.807) is 30.3 Å². The number of hydrogen-bond donors (Lipinski definition) is 1. The lowest BCUT2D eigenvalue weighted by Crippen LogP contribution is -2.30. The van der Waals surface area contributed by atoms with Gasteiger partial charge in [0.25, 0.3) is 5.91 Å². The number of nitrogens with zero attached hydrogens (tertiary/aromatic N) is 1. The first kappa shape index (κ1) is 23.8. The number of hydrogen-bond acceptors (Lipinski definition) is 4. The second-order valence-electron chi connectivity index (χ2n) is 7.42. The molecule has 1 aliphatic rings. The van der Waals surface area contributed by atoms with Crippen LogP contribution in [0.2, 0.25) is 5.02 Å². The highest BCUT2D eigenvalue weighted by Crippen LogP contribution is 2.38. The Morgan fingerprint density at radius 2 is 1.85 bits per heavy atom. The van der Waals surface area contributed by atoms with E-state index in [1.807, 2.05) is 24.3 Å². The fourth-order valence-corrected chi connectivity index (χ4v) is 3.92. The number of carbonyl (C=O) groups is 2. The highest BCUT2D eigenvalue weighted by molar-refractivity contribution is 9.10. The predicted molar refractivity (Wildman–Crippen MR) is 130 cm³/mol. The fourth-order valence-electron chi connectivity index (χ4n) is 3.38. The Morgan fingerprint density at radius 1 is 1.12 bits per heavy atom. The molecule has 1 N–H and O–H groups in total. The van der Waals surface area contributed by atoms with Crippen molar-refractivity contribution >= 4 is 45.5 Å². The van der Waals surface area contributed by atoms with E-state index in [4.69, 9.17) is 21.1 Å². The van der Waals surface area contributed by atoms with Gasteiger partial charge < -0.3 is 14.8 Å². The van der Waals surface area contributed by atoms with E-state index >= 15 is 0 Å². The van der Waals surface area contributed by atoms with Crippen molar-refractivity contribution in [1.82, 2.24) is 10.2 Å². The van der Waals surface area contributed by atoms with E-state index in [0.717, 1.165) is 14.9 Å². The maximum absolute atomic E-state index is 13.9. The number of carbonyl (C=O) groups excluding carboxylic acids is 2. The molecule has 3 amide bonds. The minimum absolute atomic E-state index is 0.0389. The molecule has 0 spiro atoms. The Kier molecular flexibility index (Phi) is 7.19. The van der Waals surface area contributed by atoms with Gasteiger partial charge in [0, 0.05) is 10.0 Å². The molecule has 34 heavy (non-hydrogen) atoms. The van der Waals surface area contributed by atoms with Crippen molar-refractivity contribution in [3.8, 4) is 11.5 Å². The lowest BCUT2D eigenvalue weighted by atomic mass is 10.1. The summed E-state index contributed by atoms with van der Waals surface area (Å²) in [5.41, 5.74) is 1.82. The molecule has 1 aliphatic heterocycles. The standard InChI is InChI=1S/C25H19BrClFN2O4/c1-33-22-12-16(10-19(27)23(22)34-14-17-4-2-3-5-20(17)28)11-21-24(31)30(25(32)29-21)13-15-6-8-18(26)9-7-15/h2-12H,13-14H2,1H3,(H,29,32)/b21-11-. The van der Waals surface area contributed by atoms with Gasteiger partial charge in [-0.05, 0) is 47.5 Å². The van der Waals surface area contributed by atoms with Crippen molar-refractivity contribution in [2.24, 2.45) is 0 Å². The molecule has 0 atom stereocenters. The third-order valence-corrected chi connectivity index (χ3v) is 5.92. The van der Waals surface area contributed by atoms with Crippen molar-refractivity contribution < 1.29 is 23.5 Å². The maximum Gasteiger partial charge on any atom is 0.329 e. The molecule has 3 aromatic carbocycles. The summed E-state index contributed by atoms with van der Waals surface area (Å²) in [6, 6.07) is 16.3. The zero-order valence-corrected chi connectivity index (χ0v) is 20.3. The van der Waals surface area contributed by atoms with E-state index in [-0.39, 0.29) is 35.4 Å². The number of rotatable bonds is 7. The number of amides is 3. The van der Waals surface area contributed by atoms with Crippen molar-refractivity contribution in [3.63, 3.8) is 0 Å². The molecule has 0 bridgehead atoms. The second-order valence-corrected chi connectivity index (χ2v) is 8.74. The number of halogens is 3. The molecule has 0 radical (unpaired) electrons. The minimum Gasteiger partial charge on any atom is -0.493 e. The molecule has 0 unspecified atom stereocenters. The highest BCUT2D eigenvalue weighted by atomic mass is 79.9. The highest BCUT2D eigenvalue weighted by Gasteiger charge is 2.33. The number of ether oxygens (including phenoxy) is 2. The second kappa shape index (κ2) is 10.3. The molecule has 0 saturated carbocycles. The van der Waals surface area contributed by atoms with Crippen LogP contribution < -0.4 is 14.8 Å². The van der Waals surface area contributed by atoms with Crippen LogP contribution in [0.3, 0.4) is 0 Å². The molecule has 4 rings (SSSR count). The van der Waals surface area contributed by atoms with Crippen LogP contribution in [-0.2, 0) is 17.9 Å². The van der Waals surface area contributed by atoms with E-state index in [9.17, 15) is 14.0 Å². The summed E-state index contributed by atoms with van der Waals surface area (Å²) < 4.78 is 25.9. The first-order valence-electron chi connectivity index (χ1n) is 10.2. The molecular weight excluding hydrogens is 527 g/mol. The Labute approximate surface area is 209 Å². The smallest absolute Gasteiger partial charge is 0.329 e. The summed E-state index contributed by atoms with van der Waals surface area (Å²) >= 11 is 9.76. The van der Waals surface area contributed by atoms with Crippen molar-refractivity contribution in [2.75, 3.05) is 7.11 Å². The molecule has 1 fully saturated rings. The van der Waals surface area contributed by atoms with Crippen LogP contribution in [0.25, 0.3) is 6.08 Å². The predicted octanol–water partition coefficient (Wildman–Crippen LogP) is 5.92. The summed E-state index contributed by atoms with van der Waals surface area (Å²) in [6.07, 6.45) is 1.51. The van der Waals surface area contributed by atoms with E-state index in [2.05, 4.69) is 21.2 Å². The lowest BCUT2D eigenvalue weighted by Gasteiger charge is -2.14. The Balaban J connectivity index is 1.53. The van der Waals surface area contributed by atoms with Gasteiger partial charge >= 0.3 is 6.03 Å². The SMILES string of the molecule is COc1cc(/C=C2\NC(=O)N(Cc3ccc(Br)cc3)C2=O)cc(Cl)c1OCc1ccccc1F. The summed E-state index contributed by atoms with van der Waals surface area (Å²) in [6.45, 7) is 0.102. The van der Waals surface area contributed by atoms with Crippen LogP contribution in [0.5, 0.6) is 11.5 Å². The average Bonchev–Trinajstić information content (AvgIpc) is 3.07. The first-order chi connectivity index (χ1) is 16.4. The quantitative estimate of drug-likeness (QED) is 0.296. The molecule has 3 aromatic rings. The van der Waals surface area contributed by atoms with Gasteiger partial charge in [0.15, 0.2) is 11.5 Å². The van der Waals surface area contributed by atoms with Gasteiger partial charge in [-0.3, -0.25) is 9.69 Å². The third kappa shape index (κ3) is 5.24. The van der Waals surface area contributed by atoms with Gasteiger partial charge in [-0.1, -0.05) is 57.9 Å².